The van der Waals surface area contributed by atoms with Gasteiger partial charge in [0.05, 0.1) is 6.26 Å². The highest BCUT2D eigenvalue weighted by Crippen LogP contribution is 2.32. The lowest BCUT2D eigenvalue weighted by atomic mass is 10.2. The first-order valence-corrected chi connectivity index (χ1v) is 8.39. The number of pyridine rings is 1. The van der Waals surface area contributed by atoms with Gasteiger partial charge in [0, 0.05) is 27.5 Å². The summed E-state index contributed by atoms with van der Waals surface area (Å²) in [6, 6.07) is 15.1. The van der Waals surface area contributed by atoms with Gasteiger partial charge in [0.15, 0.2) is 17.3 Å². The fraction of sp³-hybridized carbons (Fsp3) is 0. The van der Waals surface area contributed by atoms with Gasteiger partial charge in [-0.3, -0.25) is 4.40 Å². The minimum atomic E-state index is 0.649. The maximum atomic E-state index is 6.21. The first-order valence-electron chi connectivity index (χ1n) is 7.22. The van der Waals surface area contributed by atoms with E-state index in [4.69, 9.17) is 16.0 Å². The highest BCUT2D eigenvalue weighted by atomic mass is 79.9. The molecule has 0 bridgehead atoms. The number of hydrogen-bond donors (Lipinski definition) is 0. The zero-order valence-corrected chi connectivity index (χ0v) is 14.7. The summed E-state index contributed by atoms with van der Waals surface area (Å²) in [6.45, 7) is 0. The molecular formula is C18H11BrClN3O. The van der Waals surface area contributed by atoms with Crippen LogP contribution < -0.4 is 0 Å². The Hall–Kier alpha value is -2.37. The smallest absolute Gasteiger partial charge is 0.168 e. The Bertz CT molecular complexity index is 1040. The normalized spacial score (nSPS) is 11.6. The van der Waals surface area contributed by atoms with Crippen LogP contribution in [0.3, 0.4) is 0 Å². The predicted octanol–water partition coefficient (Wildman–Crippen LogP) is 5.76. The lowest BCUT2D eigenvalue weighted by Gasteiger charge is -2.00. The summed E-state index contributed by atoms with van der Waals surface area (Å²) >= 11 is 9.69. The van der Waals surface area contributed by atoms with E-state index in [1.165, 1.54) is 0 Å². The molecule has 0 aliphatic carbocycles. The second-order valence-corrected chi connectivity index (χ2v) is 6.44. The molecule has 3 heterocycles. The van der Waals surface area contributed by atoms with Crippen molar-refractivity contribution in [1.29, 1.82) is 0 Å². The van der Waals surface area contributed by atoms with Crippen molar-refractivity contribution in [2.24, 2.45) is 4.99 Å². The van der Waals surface area contributed by atoms with Crippen molar-refractivity contribution in [3.63, 3.8) is 0 Å². The first kappa shape index (κ1) is 15.2. The molecule has 0 saturated carbocycles. The summed E-state index contributed by atoms with van der Waals surface area (Å²) in [5, 5.41) is 0.649. The molecule has 0 aliphatic rings. The Balaban J connectivity index is 1.90. The van der Waals surface area contributed by atoms with Gasteiger partial charge in [-0.15, -0.1) is 0 Å². The second kappa shape index (κ2) is 6.26. The number of hydrogen-bond acceptors (Lipinski definition) is 3. The number of fused-ring (bicyclic) bond motifs is 1. The zero-order chi connectivity index (χ0) is 16.5. The Kier molecular flexibility index (Phi) is 3.96. The SMILES string of the molecule is Clc1ccccc1C=Nc1c(-c2ccco2)nc2ccc(Br)cn12. The highest BCUT2D eigenvalue weighted by Gasteiger charge is 2.15. The molecule has 0 fully saturated rings. The molecule has 3 aromatic heterocycles. The third-order valence-electron chi connectivity index (χ3n) is 3.54. The molecular weight excluding hydrogens is 390 g/mol. The van der Waals surface area contributed by atoms with Crippen molar-refractivity contribution >= 4 is 45.2 Å². The summed E-state index contributed by atoms with van der Waals surface area (Å²) in [7, 11) is 0. The van der Waals surface area contributed by atoms with Crippen molar-refractivity contribution in [2.75, 3.05) is 0 Å². The van der Waals surface area contributed by atoms with Gasteiger partial charge in [0.2, 0.25) is 0 Å². The van der Waals surface area contributed by atoms with E-state index in [2.05, 4.69) is 25.9 Å². The number of benzene rings is 1. The molecule has 0 N–H and O–H groups in total. The van der Waals surface area contributed by atoms with Crippen LogP contribution in [0.25, 0.3) is 17.1 Å². The summed E-state index contributed by atoms with van der Waals surface area (Å²) in [5.74, 6) is 1.35. The number of halogens is 2. The van der Waals surface area contributed by atoms with Crippen LogP contribution in [0.4, 0.5) is 5.82 Å². The molecule has 0 radical (unpaired) electrons. The number of nitrogens with zero attached hydrogens (tertiary/aromatic N) is 3. The lowest BCUT2D eigenvalue weighted by Crippen LogP contribution is -1.86. The molecule has 4 aromatic rings. The fourth-order valence-electron chi connectivity index (χ4n) is 2.42. The maximum absolute atomic E-state index is 6.21. The third-order valence-corrected chi connectivity index (χ3v) is 4.36. The minimum absolute atomic E-state index is 0.649. The Labute approximate surface area is 151 Å². The van der Waals surface area contributed by atoms with Gasteiger partial charge in [-0.25, -0.2) is 9.98 Å². The number of rotatable bonds is 3. The largest absolute Gasteiger partial charge is 0.463 e. The Morgan fingerprint density at radius 1 is 1.12 bits per heavy atom. The van der Waals surface area contributed by atoms with Crippen molar-refractivity contribution in [3.05, 3.63) is 76.0 Å². The van der Waals surface area contributed by atoms with E-state index in [0.717, 1.165) is 15.7 Å². The number of aromatic nitrogens is 2. The van der Waals surface area contributed by atoms with Gasteiger partial charge >= 0.3 is 0 Å². The fourth-order valence-corrected chi connectivity index (χ4v) is 2.94. The van der Waals surface area contributed by atoms with Gasteiger partial charge in [0.1, 0.15) is 5.65 Å². The third kappa shape index (κ3) is 2.77. The van der Waals surface area contributed by atoms with Crippen LogP contribution in [0, 0.1) is 0 Å². The molecule has 0 amide bonds. The molecule has 24 heavy (non-hydrogen) atoms. The molecule has 0 unspecified atom stereocenters. The van der Waals surface area contributed by atoms with Crippen molar-refractivity contribution in [3.8, 4) is 11.5 Å². The summed E-state index contributed by atoms with van der Waals surface area (Å²) in [4.78, 5) is 9.27. The lowest BCUT2D eigenvalue weighted by molar-refractivity contribution is 0.580. The molecule has 6 heteroatoms. The average molecular weight is 401 g/mol. The van der Waals surface area contributed by atoms with E-state index in [1.807, 2.05) is 59.1 Å². The summed E-state index contributed by atoms with van der Waals surface area (Å²) in [5.41, 5.74) is 2.31. The average Bonchev–Trinajstić information content (AvgIpc) is 3.21. The van der Waals surface area contributed by atoms with E-state index in [9.17, 15) is 0 Å². The zero-order valence-electron chi connectivity index (χ0n) is 12.4. The molecule has 4 rings (SSSR count). The molecule has 1 aromatic carbocycles. The molecule has 118 valence electrons. The maximum Gasteiger partial charge on any atom is 0.168 e. The molecule has 0 saturated heterocycles. The van der Waals surface area contributed by atoms with Crippen LogP contribution in [0.1, 0.15) is 5.56 Å². The first-order chi connectivity index (χ1) is 11.7. The number of furan rings is 1. The van der Waals surface area contributed by atoms with Crippen LogP contribution in [-0.4, -0.2) is 15.6 Å². The summed E-state index contributed by atoms with van der Waals surface area (Å²) in [6.07, 6.45) is 5.28. The van der Waals surface area contributed by atoms with Crippen LogP contribution in [0.2, 0.25) is 5.02 Å². The van der Waals surface area contributed by atoms with E-state index in [0.29, 0.717) is 22.3 Å². The van der Waals surface area contributed by atoms with Crippen LogP contribution >= 0.6 is 27.5 Å². The van der Waals surface area contributed by atoms with Crippen molar-refractivity contribution < 1.29 is 4.42 Å². The van der Waals surface area contributed by atoms with Gasteiger partial charge in [-0.1, -0.05) is 29.8 Å². The Morgan fingerprint density at radius 3 is 2.79 bits per heavy atom. The number of aliphatic imine (C=N–C) groups is 1. The van der Waals surface area contributed by atoms with Crippen molar-refractivity contribution in [1.82, 2.24) is 9.38 Å². The molecule has 4 nitrogen and oxygen atoms in total. The van der Waals surface area contributed by atoms with Gasteiger partial charge in [0.25, 0.3) is 0 Å². The van der Waals surface area contributed by atoms with Gasteiger partial charge < -0.3 is 4.42 Å². The van der Waals surface area contributed by atoms with E-state index in [1.54, 1.807) is 12.5 Å². The highest BCUT2D eigenvalue weighted by molar-refractivity contribution is 9.10. The minimum Gasteiger partial charge on any atom is -0.463 e. The summed E-state index contributed by atoms with van der Waals surface area (Å²) < 4.78 is 8.36. The van der Waals surface area contributed by atoms with Crippen LogP contribution in [0.5, 0.6) is 0 Å². The predicted molar refractivity (Wildman–Crippen MR) is 99.3 cm³/mol. The topological polar surface area (TPSA) is 42.8 Å². The van der Waals surface area contributed by atoms with Crippen LogP contribution in [0.15, 0.2) is 74.9 Å². The van der Waals surface area contributed by atoms with Crippen molar-refractivity contribution in [2.45, 2.75) is 0 Å². The van der Waals surface area contributed by atoms with Gasteiger partial charge in [-0.2, -0.15) is 0 Å². The molecule has 0 atom stereocenters. The van der Waals surface area contributed by atoms with E-state index in [-0.39, 0.29) is 0 Å². The van der Waals surface area contributed by atoms with Gasteiger partial charge in [-0.05, 0) is 46.3 Å². The van der Waals surface area contributed by atoms with E-state index < -0.39 is 0 Å². The van der Waals surface area contributed by atoms with E-state index >= 15 is 0 Å². The quantitative estimate of drug-likeness (QED) is 0.410. The molecule has 0 spiro atoms. The number of imidazole rings is 1. The monoisotopic (exact) mass is 399 g/mol. The standard InChI is InChI=1S/C18H11BrClN3O/c19-13-7-8-16-22-17(15-6-3-9-24-15)18(23(16)11-13)21-10-12-4-1-2-5-14(12)20/h1-11H. The second-order valence-electron chi connectivity index (χ2n) is 5.12. The van der Waals surface area contributed by atoms with Crippen LogP contribution in [-0.2, 0) is 0 Å². The Morgan fingerprint density at radius 2 is 2.00 bits per heavy atom. The molecule has 0 aliphatic heterocycles.